The first-order valence-corrected chi connectivity index (χ1v) is 10.9. The topological polar surface area (TPSA) is 78.9 Å². The van der Waals surface area contributed by atoms with Crippen molar-refractivity contribution in [2.75, 3.05) is 39.2 Å². The van der Waals surface area contributed by atoms with E-state index in [-0.39, 0.29) is 24.5 Å². The average molecular weight is 440 g/mol. The SMILES string of the molecule is CC(=O)N1CCC[C@@H]1c1nc(CN(C)C(=O)COc2c(C)cccc2C)cc(N(C)C)n1. The fourth-order valence-corrected chi connectivity index (χ4v) is 3.98. The smallest absolute Gasteiger partial charge is 0.260 e. The first-order chi connectivity index (χ1) is 15.2. The molecule has 8 heteroatoms. The number of carbonyl (C=O) groups excluding carboxylic acids is 2. The summed E-state index contributed by atoms with van der Waals surface area (Å²) in [4.78, 5) is 39.5. The van der Waals surface area contributed by atoms with E-state index in [0.717, 1.165) is 47.8 Å². The van der Waals surface area contributed by atoms with Crippen LogP contribution in [-0.4, -0.2) is 65.9 Å². The minimum absolute atomic E-state index is 0.0313. The van der Waals surface area contributed by atoms with Gasteiger partial charge in [0, 0.05) is 40.7 Å². The molecule has 2 amide bonds. The lowest BCUT2D eigenvalue weighted by Crippen LogP contribution is -2.32. The standard InChI is InChI=1S/C24H33N5O3/c1-16-9-7-10-17(2)23(16)32-15-22(31)28(6)14-19-13-21(27(4)5)26-24(25-19)20-11-8-12-29(20)18(3)30/h7,9-10,13,20H,8,11-12,14-15H2,1-6H3/t20-/m1/s1. The number of para-hydroxylation sites is 1. The normalized spacial score (nSPS) is 15.6. The highest BCUT2D eigenvalue weighted by Gasteiger charge is 2.31. The summed E-state index contributed by atoms with van der Waals surface area (Å²) < 4.78 is 5.82. The second-order valence-corrected chi connectivity index (χ2v) is 8.60. The molecule has 0 spiro atoms. The fraction of sp³-hybridized carbons (Fsp3) is 0.500. The summed E-state index contributed by atoms with van der Waals surface area (Å²) >= 11 is 0. The molecule has 1 aliphatic rings. The summed E-state index contributed by atoms with van der Waals surface area (Å²) in [5.41, 5.74) is 2.74. The van der Waals surface area contributed by atoms with E-state index in [1.807, 2.05) is 62.0 Å². The van der Waals surface area contributed by atoms with E-state index >= 15 is 0 Å². The van der Waals surface area contributed by atoms with Gasteiger partial charge in [-0.15, -0.1) is 0 Å². The van der Waals surface area contributed by atoms with Crippen molar-refractivity contribution in [2.45, 2.75) is 46.2 Å². The summed E-state index contributed by atoms with van der Waals surface area (Å²) in [6.07, 6.45) is 1.78. The van der Waals surface area contributed by atoms with Crippen molar-refractivity contribution in [3.8, 4) is 5.75 Å². The van der Waals surface area contributed by atoms with Crippen molar-refractivity contribution in [1.82, 2.24) is 19.8 Å². The zero-order valence-electron chi connectivity index (χ0n) is 19.9. The maximum Gasteiger partial charge on any atom is 0.260 e. The first kappa shape index (κ1) is 23.5. The lowest BCUT2D eigenvalue weighted by Gasteiger charge is -2.24. The molecule has 1 fully saturated rings. The van der Waals surface area contributed by atoms with Crippen LogP contribution >= 0.6 is 0 Å². The van der Waals surface area contributed by atoms with Crippen LogP contribution in [0, 0.1) is 13.8 Å². The molecule has 2 heterocycles. The van der Waals surface area contributed by atoms with Gasteiger partial charge in [-0.05, 0) is 37.8 Å². The van der Waals surface area contributed by atoms with E-state index in [2.05, 4.69) is 4.98 Å². The Kier molecular flexibility index (Phi) is 7.33. The molecular weight excluding hydrogens is 406 g/mol. The summed E-state index contributed by atoms with van der Waals surface area (Å²) in [6.45, 7) is 6.53. The van der Waals surface area contributed by atoms with Gasteiger partial charge in [-0.3, -0.25) is 9.59 Å². The molecule has 32 heavy (non-hydrogen) atoms. The second kappa shape index (κ2) is 9.97. The number of hydrogen-bond acceptors (Lipinski definition) is 6. The third kappa shape index (κ3) is 5.36. The maximum absolute atomic E-state index is 12.7. The number of nitrogens with zero attached hydrogens (tertiary/aromatic N) is 5. The zero-order valence-corrected chi connectivity index (χ0v) is 19.9. The molecule has 0 radical (unpaired) electrons. The number of aryl methyl sites for hydroxylation is 2. The fourth-order valence-electron chi connectivity index (χ4n) is 3.98. The third-order valence-electron chi connectivity index (χ3n) is 5.77. The van der Waals surface area contributed by atoms with Gasteiger partial charge in [0.05, 0.1) is 18.3 Å². The Morgan fingerprint density at radius 2 is 1.84 bits per heavy atom. The van der Waals surface area contributed by atoms with Gasteiger partial charge in [-0.25, -0.2) is 9.97 Å². The number of rotatable bonds is 7. The van der Waals surface area contributed by atoms with Crippen molar-refractivity contribution in [1.29, 1.82) is 0 Å². The molecule has 1 atom stereocenters. The van der Waals surface area contributed by atoms with Crippen LogP contribution in [0.15, 0.2) is 24.3 Å². The summed E-state index contributed by atoms with van der Waals surface area (Å²) in [7, 11) is 5.58. The number of amides is 2. The van der Waals surface area contributed by atoms with Gasteiger partial charge >= 0.3 is 0 Å². The summed E-state index contributed by atoms with van der Waals surface area (Å²) in [5.74, 6) is 2.04. The Morgan fingerprint density at radius 3 is 2.47 bits per heavy atom. The van der Waals surface area contributed by atoms with E-state index in [9.17, 15) is 9.59 Å². The molecule has 1 saturated heterocycles. The quantitative estimate of drug-likeness (QED) is 0.660. The number of ether oxygens (including phenoxy) is 1. The van der Waals surface area contributed by atoms with Gasteiger partial charge in [-0.1, -0.05) is 18.2 Å². The number of aromatic nitrogens is 2. The van der Waals surface area contributed by atoms with Crippen molar-refractivity contribution in [2.24, 2.45) is 0 Å². The number of hydrogen-bond donors (Lipinski definition) is 0. The highest BCUT2D eigenvalue weighted by Crippen LogP contribution is 2.31. The number of benzene rings is 1. The van der Waals surface area contributed by atoms with E-state index in [1.54, 1.807) is 18.9 Å². The Bertz CT molecular complexity index is 971. The van der Waals surface area contributed by atoms with Crippen LogP contribution in [0.5, 0.6) is 5.75 Å². The molecule has 1 aromatic carbocycles. The van der Waals surface area contributed by atoms with Crippen LogP contribution in [0.2, 0.25) is 0 Å². The average Bonchev–Trinajstić information content (AvgIpc) is 3.23. The molecule has 0 aliphatic carbocycles. The molecule has 1 aliphatic heterocycles. The first-order valence-electron chi connectivity index (χ1n) is 10.9. The van der Waals surface area contributed by atoms with E-state index in [4.69, 9.17) is 9.72 Å². The second-order valence-electron chi connectivity index (χ2n) is 8.60. The van der Waals surface area contributed by atoms with Crippen LogP contribution in [-0.2, 0) is 16.1 Å². The van der Waals surface area contributed by atoms with Crippen molar-refractivity contribution < 1.29 is 14.3 Å². The molecule has 8 nitrogen and oxygen atoms in total. The van der Waals surface area contributed by atoms with Crippen molar-refractivity contribution >= 4 is 17.6 Å². The Morgan fingerprint density at radius 1 is 1.16 bits per heavy atom. The van der Waals surface area contributed by atoms with Crippen LogP contribution in [0.4, 0.5) is 5.82 Å². The Balaban J connectivity index is 1.74. The highest BCUT2D eigenvalue weighted by molar-refractivity contribution is 5.77. The third-order valence-corrected chi connectivity index (χ3v) is 5.77. The molecule has 3 rings (SSSR count). The number of anilines is 1. The van der Waals surface area contributed by atoms with Gasteiger partial charge in [0.2, 0.25) is 5.91 Å². The van der Waals surface area contributed by atoms with Crippen LogP contribution < -0.4 is 9.64 Å². The lowest BCUT2D eigenvalue weighted by atomic mass is 10.1. The molecule has 172 valence electrons. The van der Waals surface area contributed by atoms with Crippen molar-refractivity contribution in [3.05, 3.63) is 46.9 Å². The molecule has 0 N–H and O–H groups in total. The number of carbonyl (C=O) groups is 2. The minimum atomic E-state index is -0.134. The van der Waals surface area contributed by atoms with E-state index < -0.39 is 0 Å². The van der Waals surface area contributed by atoms with Gasteiger partial charge in [0.1, 0.15) is 11.6 Å². The van der Waals surface area contributed by atoms with E-state index in [0.29, 0.717) is 12.4 Å². The predicted molar refractivity (Wildman–Crippen MR) is 124 cm³/mol. The predicted octanol–water partition coefficient (Wildman–Crippen LogP) is 2.88. The van der Waals surface area contributed by atoms with E-state index in [1.165, 1.54) is 0 Å². The molecule has 1 aromatic heterocycles. The van der Waals surface area contributed by atoms with Crippen molar-refractivity contribution in [3.63, 3.8) is 0 Å². The monoisotopic (exact) mass is 439 g/mol. The van der Waals surface area contributed by atoms with Gasteiger partial charge < -0.3 is 19.4 Å². The lowest BCUT2D eigenvalue weighted by molar-refractivity contribution is -0.132. The van der Waals surface area contributed by atoms with Crippen LogP contribution in [0.3, 0.4) is 0 Å². The Labute approximate surface area is 190 Å². The molecular formula is C24H33N5O3. The maximum atomic E-state index is 12.7. The molecule has 0 saturated carbocycles. The van der Waals surface area contributed by atoms with Crippen LogP contribution in [0.25, 0.3) is 0 Å². The summed E-state index contributed by atoms with van der Waals surface area (Å²) in [6, 6.07) is 7.66. The van der Waals surface area contributed by atoms with Crippen LogP contribution in [0.1, 0.15) is 48.5 Å². The number of likely N-dealkylation sites (tertiary alicyclic amines) is 1. The van der Waals surface area contributed by atoms with Gasteiger partial charge in [0.25, 0.3) is 5.91 Å². The molecule has 2 aromatic rings. The number of likely N-dealkylation sites (N-methyl/N-ethyl adjacent to an activating group) is 1. The minimum Gasteiger partial charge on any atom is -0.483 e. The van der Waals surface area contributed by atoms with Gasteiger partial charge in [-0.2, -0.15) is 0 Å². The highest BCUT2D eigenvalue weighted by atomic mass is 16.5. The largest absolute Gasteiger partial charge is 0.483 e. The summed E-state index contributed by atoms with van der Waals surface area (Å²) in [5, 5.41) is 0. The molecule has 0 unspecified atom stereocenters. The van der Waals surface area contributed by atoms with Gasteiger partial charge in [0.15, 0.2) is 12.4 Å². The zero-order chi connectivity index (χ0) is 23.4. The Hall–Kier alpha value is -3.16. The molecule has 0 bridgehead atoms.